The maximum absolute atomic E-state index is 12.8. The predicted molar refractivity (Wildman–Crippen MR) is 293 cm³/mol. The van der Waals surface area contributed by atoms with E-state index in [-0.39, 0.29) is 31.1 Å². The number of unbranched alkanes of at least 4 members (excludes halogenated alkanes) is 26. The van der Waals surface area contributed by atoms with E-state index in [0.29, 0.717) is 19.3 Å². The van der Waals surface area contributed by atoms with E-state index in [0.717, 1.165) is 109 Å². The van der Waals surface area contributed by atoms with Crippen molar-refractivity contribution < 1.29 is 28.6 Å². The van der Waals surface area contributed by atoms with E-state index in [9.17, 15) is 14.4 Å². The number of carbonyl (C=O) groups is 3. The minimum absolute atomic E-state index is 0.0763. The molecule has 68 heavy (non-hydrogen) atoms. The Balaban J connectivity index is 4.20. The Kier molecular flexibility index (Phi) is 53.4. The summed E-state index contributed by atoms with van der Waals surface area (Å²) < 4.78 is 16.8. The third kappa shape index (κ3) is 53.5. The van der Waals surface area contributed by atoms with Gasteiger partial charge in [0.1, 0.15) is 13.2 Å². The van der Waals surface area contributed by atoms with Gasteiger partial charge in [-0.3, -0.25) is 14.4 Å². The van der Waals surface area contributed by atoms with Crippen LogP contribution in [0.25, 0.3) is 0 Å². The van der Waals surface area contributed by atoms with Gasteiger partial charge in [0.25, 0.3) is 0 Å². The second kappa shape index (κ2) is 56.2. The molecule has 390 valence electrons. The van der Waals surface area contributed by atoms with E-state index in [2.05, 4.69) is 106 Å². The van der Waals surface area contributed by atoms with Gasteiger partial charge < -0.3 is 14.2 Å². The van der Waals surface area contributed by atoms with Crippen LogP contribution in [0.2, 0.25) is 0 Å². The molecule has 0 aliphatic rings. The fourth-order valence-electron chi connectivity index (χ4n) is 7.89. The smallest absolute Gasteiger partial charge is 0.306 e. The summed E-state index contributed by atoms with van der Waals surface area (Å²) in [6.07, 6.45) is 73.0. The van der Waals surface area contributed by atoms with E-state index in [1.54, 1.807) is 0 Å². The van der Waals surface area contributed by atoms with E-state index in [1.807, 2.05) is 0 Å². The molecule has 0 N–H and O–H groups in total. The van der Waals surface area contributed by atoms with Gasteiger partial charge in [-0.2, -0.15) is 0 Å². The lowest BCUT2D eigenvalue weighted by Gasteiger charge is -2.18. The van der Waals surface area contributed by atoms with Crippen LogP contribution in [0.5, 0.6) is 0 Å². The van der Waals surface area contributed by atoms with Crippen molar-refractivity contribution in [2.45, 2.75) is 277 Å². The largest absolute Gasteiger partial charge is 0.462 e. The summed E-state index contributed by atoms with van der Waals surface area (Å²) >= 11 is 0. The van der Waals surface area contributed by atoms with Crippen molar-refractivity contribution in [3.63, 3.8) is 0 Å². The van der Waals surface area contributed by atoms with Crippen molar-refractivity contribution in [3.8, 4) is 0 Å². The highest BCUT2D eigenvalue weighted by molar-refractivity contribution is 5.71. The van der Waals surface area contributed by atoms with Gasteiger partial charge in [0, 0.05) is 19.3 Å². The average Bonchev–Trinajstić information content (AvgIpc) is 3.34. The lowest BCUT2D eigenvalue weighted by atomic mass is 10.1. The maximum atomic E-state index is 12.8. The molecule has 6 heteroatoms. The van der Waals surface area contributed by atoms with E-state index in [4.69, 9.17) is 14.2 Å². The van der Waals surface area contributed by atoms with Crippen molar-refractivity contribution in [1.82, 2.24) is 0 Å². The molecule has 0 aliphatic carbocycles. The SMILES string of the molecule is CC/C=C\C/C=C\C/C=C\C/C=C\C/C=C\C/C=C\C/C=C\CCCCCCCCCC(=O)OCC(COC(=O)CCCCCCCCCCCC)OC(=O)CCCCCCCCCCCCC. The van der Waals surface area contributed by atoms with Gasteiger partial charge in [-0.05, 0) is 77.0 Å². The summed E-state index contributed by atoms with van der Waals surface area (Å²) in [7, 11) is 0. The topological polar surface area (TPSA) is 78.9 Å². The number of rotatable bonds is 51. The molecule has 0 radical (unpaired) electrons. The molecule has 1 unspecified atom stereocenters. The molecule has 1 atom stereocenters. The molecular weight excluding hydrogens is 841 g/mol. The molecular formula is C62H106O6. The van der Waals surface area contributed by atoms with Crippen LogP contribution in [0.4, 0.5) is 0 Å². The molecule has 0 aromatic heterocycles. The van der Waals surface area contributed by atoms with Crippen LogP contribution in [0.15, 0.2) is 85.1 Å². The molecule has 0 bridgehead atoms. The molecule has 0 amide bonds. The maximum Gasteiger partial charge on any atom is 0.306 e. The number of esters is 3. The third-order valence-corrected chi connectivity index (χ3v) is 12.2. The fourth-order valence-corrected chi connectivity index (χ4v) is 7.89. The zero-order valence-electron chi connectivity index (χ0n) is 44.6. The van der Waals surface area contributed by atoms with Gasteiger partial charge in [-0.25, -0.2) is 0 Å². The molecule has 0 spiro atoms. The molecule has 0 aliphatic heterocycles. The minimum Gasteiger partial charge on any atom is -0.462 e. The first kappa shape index (κ1) is 64.6. The van der Waals surface area contributed by atoms with Crippen molar-refractivity contribution in [2.75, 3.05) is 13.2 Å². The summed E-state index contributed by atoms with van der Waals surface area (Å²) in [4.78, 5) is 38.0. The van der Waals surface area contributed by atoms with Gasteiger partial charge in [0.2, 0.25) is 0 Å². The monoisotopic (exact) mass is 947 g/mol. The normalized spacial score (nSPS) is 12.7. The first-order valence-corrected chi connectivity index (χ1v) is 28.6. The summed E-state index contributed by atoms with van der Waals surface area (Å²) in [6, 6.07) is 0. The highest BCUT2D eigenvalue weighted by atomic mass is 16.6. The van der Waals surface area contributed by atoms with Crippen molar-refractivity contribution >= 4 is 17.9 Å². The highest BCUT2D eigenvalue weighted by Crippen LogP contribution is 2.15. The number of carbonyl (C=O) groups excluding carboxylic acids is 3. The van der Waals surface area contributed by atoms with Crippen LogP contribution >= 0.6 is 0 Å². The van der Waals surface area contributed by atoms with Crippen molar-refractivity contribution in [2.24, 2.45) is 0 Å². The standard InChI is InChI=1S/C62H106O6/c1-4-7-10-13-16-19-22-23-24-25-26-27-28-29-30-31-32-33-34-35-36-37-38-39-41-43-46-49-52-55-61(64)67-58-59(57-66-60(63)54-51-48-45-42-21-18-15-12-9-6-3)68-62(65)56-53-50-47-44-40-20-17-14-11-8-5-2/h7,10,16,19,23-24,26-27,29-30,32-33,35-36,59H,4-6,8-9,11-15,17-18,20-22,25,28,31,34,37-58H2,1-3H3/b10-7-,19-16-,24-23-,27-26-,30-29-,33-32-,36-35-. The van der Waals surface area contributed by atoms with Gasteiger partial charge in [0.05, 0.1) is 0 Å². The molecule has 0 fully saturated rings. The zero-order valence-corrected chi connectivity index (χ0v) is 44.6. The van der Waals surface area contributed by atoms with Crippen molar-refractivity contribution in [3.05, 3.63) is 85.1 Å². The molecule has 0 saturated carbocycles. The predicted octanol–water partition coefficient (Wildman–Crippen LogP) is 19.2. The Bertz CT molecular complexity index is 1320. The summed E-state index contributed by atoms with van der Waals surface area (Å²) in [5, 5.41) is 0. The van der Waals surface area contributed by atoms with Gasteiger partial charge in [0.15, 0.2) is 6.10 Å². The van der Waals surface area contributed by atoms with Crippen LogP contribution in [-0.4, -0.2) is 37.2 Å². The lowest BCUT2D eigenvalue weighted by Crippen LogP contribution is -2.30. The number of hydrogen-bond donors (Lipinski definition) is 0. The Morgan fingerprint density at radius 3 is 0.897 bits per heavy atom. The fraction of sp³-hybridized carbons (Fsp3) is 0.726. The van der Waals surface area contributed by atoms with Crippen molar-refractivity contribution in [1.29, 1.82) is 0 Å². The molecule has 0 aromatic rings. The number of allylic oxidation sites excluding steroid dienone is 14. The Morgan fingerprint density at radius 1 is 0.309 bits per heavy atom. The number of hydrogen-bond acceptors (Lipinski definition) is 6. The summed E-state index contributed by atoms with van der Waals surface area (Å²) in [6.45, 7) is 6.50. The Morgan fingerprint density at radius 2 is 0.574 bits per heavy atom. The van der Waals surface area contributed by atoms with E-state index < -0.39 is 6.10 Å². The zero-order chi connectivity index (χ0) is 49.3. The summed E-state index contributed by atoms with van der Waals surface area (Å²) in [5.74, 6) is -0.885. The number of ether oxygens (including phenoxy) is 3. The first-order valence-electron chi connectivity index (χ1n) is 28.6. The molecule has 0 saturated heterocycles. The Labute approximate surface area is 420 Å². The molecule has 0 aromatic carbocycles. The first-order chi connectivity index (χ1) is 33.5. The third-order valence-electron chi connectivity index (χ3n) is 12.2. The quantitative estimate of drug-likeness (QED) is 0.0262. The summed E-state index contributed by atoms with van der Waals surface area (Å²) in [5.41, 5.74) is 0. The second-order valence-electron chi connectivity index (χ2n) is 18.8. The molecule has 0 heterocycles. The molecule has 0 rings (SSSR count). The van der Waals surface area contributed by atoms with E-state index in [1.165, 1.54) is 122 Å². The van der Waals surface area contributed by atoms with Gasteiger partial charge in [-0.1, -0.05) is 260 Å². The molecule has 6 nitrogen and oxygen atoms in total. The van der Waals surface area contributed by atoms with Crippen LogP contribution < -0.4 is 0 Å². The van der Waals surface area contributed by atoms with Crippen LogP contribution in [0.1, 0.15) is 271 Å². The lowest BCUT2D eigenvalue weighted by molar-refractivity contribution is -0.167. The van der Waals surface area contributed by atoms with Crippen LogP contribution in [0.3, 0.4) is 0 Å². The van der Waals surface area contributed by atoms with Gasteiger partial charge in [-0.15, -0.1) is 0 Å². The van der Waals surface area contributed by atoms with Crippen LogP contribution in [0, 0.1) is 0 Å². The highest BCUT2D eigenvalue weighted by Gasteiger charge is 2.19. The minimum atomic E-state index is -0.776. The second-order valence-corrected chi connectivity index (χ2v) is 18.8. The van der Waals surface area contributed by atoms with E-state index >= 15 is 0 Å². The average molecular weight is 948 g/mol. The van der Waals surface area contributed by atoms with Crippen LogP contribution in [-0.2, 0) is 28.6 Å². The Hall–Kier alpha value is -3.41. The van der Waals surface area contributed by atoms with Gasteiger partial charge >= 0.3 is 17.9 Å².